The van der Waals surface area contributed by atoms with Crippen molar-refractivity contribution < 1.29 is 9.90 Å². The number of nitrogen functional groups attached to an aromatic ring is 1. The number of carbonyl (C=O) groups is 1. The molecule has 6 heteroatoms. The predicted octanol–water partition coefficient (Wildman–Crippen LogP) is 2.15. The van der Waals surface area contributed by atoms with Crippen molar-refractivity contribution in [2.24, 2.45) is 0 Å². The second-order valence-electron chi connectivity index (χ2n) is 5.47. The molecule has 5 nitrogen and oxygen atoms in total. The van der Waals surface area contributed by atoms with E-state index < -0.39 is 5.97 Å². The number of nitrogens with two attached hydrogens (primary N) is 1. The highest BCUT2D eigenvalue weighted by atomic mass is 35.5. The molecule has 2 unspecified atom stereocenters. The van der Waals surface area contributed by atoms with Crippen LogP contribution in [0.1, 0.15) is 24.2 Å². The van der Waals surface area contributed by atoms with Crippen LogP contribution in [-0.4, -0.2) is 48.2 Å². The van der Waals surface area contributed by atoms with Crippen LogP contribution in [0.25, 0.3) is 0 Å². The first kappa shape index (κ1) is 14.9. The second-order valence-corrected chi connectivity index (χ2v) is 5.88. The number of benzene rings is 1. The maximum absolute atomic E-state index is 11.4. The maximum atomic E-state index is 11.4. The van der Waals surface area contributed by atoms with Crippen LogP contribution < -0.4 is 10.6 Å². The minimum absolute atomic E-state index is 0.166. The zero-order valence-corrected chi connectivity index (χ0v) is 12.7. The van der Waals surface area contributed by atoms with E-state index in [2.05, 4.69) is 25.8 Å². The highest BCUT2D eigenvalue weighted by molar-refractivity contribution is 6.34. The Morgan fingerprint density at radius 2 is 1.90 bits per heavy atom. The number of carboxylic acids is 1. The fraction of sp³-hybridized carbons (Fsp3) is 0.500. The summed E-state index contributed by atoms with van der Waals surface area (Å²) in [6.07, 6.45) is 0. The van der Waals surface area contributed by atoms with Gasteiger partial charge in [0.15, 0.2) is 0 Å². The molecule has 2 atom stereocenters. The molecule has 1 aliphatic rings. The van der Waals surface area contributed by atoms with E-state index in [1.807, 2.05) is 4.90 Å². The zero-order valence-electron chi connectivity index (χ0n) is 11.9. The molecule has 110 valence electrons. The van der Waals surface area contributed by atoms with E-state index in [1.54, 1.807) is 6.07 Å². The number of piperazine rings is 1. The first-order valence-electron chi connectivity index (χ1n) is 6.60. The minimum Gasteiger partial charge on any atom is -0.478 e. The average Bonchev–Trinajstić information content (AvgIpc) is 2.34. The van der Waals surface area contributed by atoms with Crippen molar-refractivity contribution in [2.75, 3.05) is 30.8 Å². The molecular formula is C14H20ClN3O2. The van der Waals surface area contributed by atoms with Gasteiger partial charge in [0.05, 0.1) is 16.3 Å². The van der Waals surface area contributed by atoms with Gasteiger partial charge in [0, 0.05) is 30.9 Å². The van der Waals surface area contributed by atoms with Gasteiger partial charge in [-0.25, -0.2) is 4.79 Å². The number of nitrogens with zero attached hydrogens (tertiary/aromatic N) is 2. The normalized spacial score (nSPS) is 23.9. The molecule has 0 bridgehead atoms. The van der Waals surface area contributed by atoms with Gasteiger partial charge in [0.1, 0.15) is 0 Å². The van der Waals surface area contributed by atoms with E-state index in [-0.39, 0.29) is 5.56 Å². The van der Waals surface area contributed by atoms with Gasteiger partial charge in [0.2, 0.25) is 0 Å². The molecule has 3 N–H and O–H groups in total. The van der Waals surface area contributed by atoms with Crippen LogP contribution in [0.5, 0.6) is 0 Å². The molecule has 1 aromatic rings. The molecule has 0 aliphatic carbocycles. The lowest BCUT2D eigenvalue weighted by atomic mass is 10.1. The number of rotatable bonds is 2. The predicted molar refractivity (Wildman–Crippen MR) is 81.7 cm³/mol. The smallest absolute Gasteiger partial charge is 0.337 e. The van der Waals surface area contributed by atoms with Crippen molar-refractivity contribution in [3.8, 4) is 0 Å². The lowest BCUT2D eigenvalue weighted by Crippen LogP contribution is -2.55. The number of halogens is 1. The van der Waals surface area contributed by atoms with Gasteiger partial charge in [0.25, 0.3) is 0 Å². The van der Waals surface area contributed by atoms with Crippen molar-refractivity contribution in [3.05, 3.63) is 22.7 Å². The van der Waals surface area contributed by atoms with Crippen molar-refractivity contribution in [3.63, 3.8) is 0 Å². The lowest BCUT2D eigenvalue weighted by molar-refractivity contribution is 0.0697. The highest BCUT2D eigenvalue weighted by Gasteiger charge is 2.30. The van der Waals surface area contributed by atoms with Crippen LogP contribution >= 0.6 is 11.6 Å². The van der Waals surface area contributed by atoms with Crippen LogP contribution in [0.2, 0.25) is 5.02 Å². The van der Waals surface area contributed by atoms with Crippen molar-refractivity contribution >= 4 is 28.9 Å². The molecule has 1 aliphatic heterocycles. The molecule has 0 radical (unpaired) electrons. The molecule has 1 fully saturated rings. The van der Waals surface area contributed by atoms with E-state index in [0.29, 0.717) is 28.5 Å². The Morgan fingerprint density at radius 3 is 2.40 bits per heavy atom. The number of hydrogen-bond acceptors (Lipinski definition) is 4. The summed E-state index contributed by atoms with van der Waals surface area (Å²) in [5, 5.41) is 9.77. The SMILES string of the molecule is CC1CN(c2c(Cl)cc(N)cc2C(=O)O)CC(C)N1C. The number of aromatic carboxylic acids is 1. The lowest BCUT2D eigenvalue weighted by Gasteiger charge is -2.44. The first-order chi connectivity index (χ1) is 9.31. The fourth-order valence-corrected chi connectivity index (χ4v) is 3.04. The molecule has 1 aromatic carbocycles. The molecule has 0 spiro atoms. The molecule has 1 heterocycles. The molecule has 20 heavy (non-hydrogen) atoms. The molecule has 0 amide bonds. The third-order valence-electron chi connectivity index (χ3n) is 3.99. The summed E-state index contributed by atoms with van der Waals surface area (Å²) in [4.78, 5) is 15.8. The minimum atomic E-state index is -1.01. The largest absolute Gasteiger partial charge is 0.478 e. The number of anilines is 2. The number of likely N-dealkylation sites (N-methyl/N-ethyl adjacent to an activating group) is 1. The summed E-state index contributed by atoms with van der Waals surface area (Å²) in [5.41, 5.74) is 6.80. The average molecular weight is 298 g/mol. The summed E-state index contributed by atoms with van der Waals surface area (Å²) in [5.74, 6) is -1.01. The second kappa shape index (κ2) is 5.50. The van der Waals surface area contributed by atoms with Crippen molar-refractivity contribution in [1.29, 1.82) is 0 Å². The Kier molecular flexibility index (Phi) is 4.11. The third-order valence-corrected chi connectivity index (χ3v) is 4.28. The Bertz CT molecular complexity index is 523. The Morgan fingerprint density at radius 1 is 1.35 bits per heavy atom. The van der Waals surface area contributed by atoms with E-state index in [4.69, 9.17) is 17.3 Å². The van der Waals surface area contributed by atoms with E-state index in [0.717, 1.165) is 13.1 Å². The standard InChI is InChI=1S/C14H20ClN3O2/c1-8-6-18(7-9(2)17(8)3)13-11(14(19)20)4-10(16)5-12(13)15/h4-5,8-9H,6-7,16H2,1-3H3,(H,19,20). The van der Waals surface area contributed by atoms with Crippen molar-refractivity contribution in [1.82, 2.24) is 4.90 Å². The topological polar surface area (TPSA) is 69.8 Å². The van der Waals surface area contributed by atoms with Crippen LogP contribution in [0.3, 0.4) is 0 Å². The molecule has 0 saturated carbocycles. The summed E-state index contributed by atoms with van der Waals surface area (Å²) >= 11 is 6.25. The number of hydrogen-bond donors (Lipinski definition) is 2. The van der Waals surface area contributed by atoms with Crippen molar-refractivity contribution in [2.45, 2.75) is 25.9 Å². The highest BCUT2D eigenvalue weighted by Crippen LogP contribution is 2.34. The van der Waals surface area contributed by atoms with Gasteiger partial charge in [-0.05, 0) is 33.0 Å². The molecule has 2 rings (SSSR count). The van der Waals surface area contributed by atoms with E-state index >= 15 is 0 Å². The van der Waals surface area contributed by atoms with Gasteiger partial charge in [-0.3, -0.25) is 4.90 Å². The quantitative estimate of drug-likeness (QED) is 0.819. The summed E-state index contributed by atoms with van der Waals surface area (Å²) < 4.78 is 0. The molecule has 1 saturated heterocycles. The van der Waals surface area contributed by atoms with E-state index in [1.165, 1.54) is 6.07 Å². The third kappa shape index (κ3) is 2.69. The van der Waals surface area contributed by atoms with Gasteiger partial charge in [-0.1, -0.05) is 11.6 Å². The first-order valence-corrected chi connectivity index (χ1v) is 6.98. The van der Waals surface area contributed by atoms with Crippen LogP contribution in [0.15, 0.2) is 12.1 Å². The number of carboxylic acid groups (broad SMARTS) is 1. The summed E-state index contributed by atoms with van der Waals surface area (Å²) in [6, 6.07) is 3.73. The maximum Gasteiger partial charge on any atom is 0.337 e. The molecule has 0 aromatic heterocycles. The Hall–Kier alpha value is -1.46. The fourth-order valence-electron chi connectivity index (χ4n) is 2.69. The Labute approximate surface area is 123 Å². The molecular weight excluding hydrogens is 278 g/mol. The summed E-state index contributed by atoms with van der Waals surface area (Å²) in [6.45, 7) is 5.72. The van der Waals surface area contributed by atoms with E-state index in [9.17, 15) is 9.90 Å². The van der Waals surface area contributed by atoms with Gasteiger partial charge in [-0.2, -0.15) is 0 Å². The summed E-state index contributed by atoms with van der Waals surface area (Å²) in [7, 11) is 2.08. The van der Waals surface area contributed by atoms with Gasteiger partial charge in [-0.15, -0.1) is 0 Å². The monoisotopic (exact) mass is 297 g/mol. The Balaban J connectivity index is 2.44. The van der Waals surface area contributed by atoms with Crippen LogP contribution in [0, 0.1) is 0 Å². The van der Waals surface area contributed by atoms with Gasteiger partial charge >= 0.3 is 5.97 Å². The van der Waals surface area contributed by atoms with Crippen LogP contribution in [-0.2, 0) is 0 Å². The zero-order chi connectivity index (χ0) is 15.0. The van der Waals surface area contributed by atoms with Gasteiger partial charge < -0.3 is 15.7 Å². The van der Waals surface area contributed by atoms with Crippen LogP contribution in [0.4, 0.5) is 11.4 Å².